The molecule has 0 heterocycles. The molecule has 0 bridgehead atoms. The lowest BCUT2D eigenvalue weighted by molar-refractivity contribution is 0.235. The number of ether oxygens (including phenoxy) is 1. The highest BCUT2D eigenvalue weighted by Crippen LogP contribution is 2.22. The fourth-order valence-corrected chi connectivity index (χ4v) is 1.44. The van der Waals surface area contributed by atoms with Crippen molar-refractivity contribution >= 4 is 17.6 Å². The Balaban J connectivity index is 2.15. The Hall–Kier alpha value is -1.42. The molecule has 0 atom stereocenters. The molecule has 0 aliphatic heterocycles. The number of halogens is 1. The molecular weight excluding hydrogens is 252 g/mol. The van der Waals surface area contributed by atoms with E-state index in [1.54, 1.807) is 12.1 Å². The van der Waals surface area contributed by atoms with Gasteiger partial charge in [-0.2, -0.15) is 0 Å². The number of hydrogen-bond donors (Lipinski definition) is 2. The molecule has 100 valence electrons. The van der Waals surface area contributed by atoms with Gasteiger partial charge in [-0.1, -0.05) is 37.6 Å². The van der Waals surface area contributed by atoms with E-state index in [1.807, 2.05) is 26.0 Å². The van der Waals surface area contributed by atoms with Crippen molar-refractivity contribution in [1.82, 2.24) is 10.6 Å². The van der Waals surface area contributed by atoms with E-state index in [4.69, 9.17) is 16.3 Å². The number of carbonyl (C=O) groups is 1. The van der Waals surface area contributed by atoms with Gasteiger partial charge < -0.3 is 15.4 Å². The molecular formula is C13H19ClN2O2. The summed E-state index contributed by atoms with van der Waals surface area (Å²) in [6, 6.07) is 7.07. The minimum absolute atomic E-state index is 0.175. The molecule has 4 nitrogen and oxygen atoms in total. The van der Waals surface area contributed by atoms with E-state index in [-0.39, 0.29) is 6.03 Å². The minimum Gasteiger partial charge on any atom is -0.490 e. The van der Waals surface area contributed by atoms with Gasteiger partial charge in [0.25, 0.3) is 0 Å². The third-order valence-electron chi connectivity index (χ3n) is 2.15. The summed E-state index contributed by atoms with van der Waals surface area (Å²) in [5.74, 6) is 1.07. The van der Waals surface area contributed by atoms with Crippen LogP contribution in [0.15, 0.2) is 24.3 Å². The highest BCUT2D eigenvalue weighted by Gasteiger charge is 2.02. The van der Waals surface area contributed by atoms with Crippen molar-refractivity contribution < 1.29 is 9.53 Å². The predicted molar refractivity (Wildman–Crippen MR) is 73.2 cm³/mol. The largest absolute Gasteiger partial charge is 0.490 e. The average Bonchev–Trinajstić information content (AvgIpc) is 2.34. The topological polar surface area (TPSA) is 50.4 Å². The number of nitrogens with one attached hydrogen (secondary N) is 2. The normalized spacial score (nSPS) is 10.2. The Morgan fingerprint density at radius 1 is 1.33 bits per heavy atom. The summed E-state index contributed by atoms with van der Waals surface area (Å²) in [4.78, 5) is 11.3. The van der Waals surface area contributed by atoms with Gasteiger partial charge in [0.2, 0.25) is 0 Å². The van der Waals surface area contributed by atoms with Crippen molar-refractivity contribution in [2.45, 2.75) is 13.8 Å². The molecule has 0 fully saturated rings. The predicted octanol–water partition coefficient (Wildman–Crippen LogP) is 2.67. The maximum Gasteiger partial charge on any atom is 0.314 e. The third kappa shape index (κ3) is 5.77. The van der Waals surface area contributed by atoms with Crippen molar-refractivity contribution in [1.29, 1.82) is 0 Å². The quantitative estimate of drug-likeness (QED) is 0.781. The van der Waals surface area contributed by atoms with Gasteiger partial charge in [-0.25, -0.2) is 4.79 Å². The number of rotatable bonds is 6. The lowest BCUT2D eigenvalue weighted by atomic mass is 10.2. The van der Waals surface area contributed by atoms with E-state index in [0.29, 0.717) is 36.4 Å². The van der Waals surface area contributed by atoms with Crippen molar-refractivity contribution in [3.05, 3.63) is 29.3 Å². The van der Waals surface area contributed by atoms with Crippen LogP contribution in [0, 0.1) is 5.92 Å². The molecule has 0 saturated heterocycles. The smallest absolute Gasteiger partial charge is 0.314 e. The maximum absolute atomic E-state index is 11.3. The molecule has 1 rings (SSSR count). The minimum atomic E-state index is -0.175. The third-order valence-corrected chi connectivity index (χ3v) is 2.46. The van der Waals surface area contributed by atoms with Gasteiger partial charge in [-0.3, -0.25) is 0 Å². The molecule has 0 aliphatic rings. The molecule has 0 unspecified atom stereocenters. The number of urea groups is 1. The summed E-state index contributed by atoms with van der Waals surface area (Å²) in [6.07, 6.45) is 0. The Kier molecular flexibility index (Phi) is 6.36. The van der Waals surface area contributed by atoms with Crippen molar-refractivity contribution in [2.24, 2.45) is 5.92 Å². The Bertz CT molecular complexity index is 383. The second-order valence-corrected chi connectivity index (χ2v) is 4.72. The summed E-state index contributed by atoms with van der Waals surface area (Å²) in [5, 5.41) is 6.04. The van der Waals surface area contributed by atoms with Crippen LogP contribution in [0.2, 0.25) is 5.02 Å². The highest BCUT2D eigenvalue weighted by atomic mass is 35.5. The number of para-hydroxylation sites is 1. The molecule has 1 aromatic rings. The number of carbonyl (C=O) groups excluding carboxylic acids is 1. The fraction of sp³-hybridized carbons (Fsp3) is 0.462. The zero-order valence-electron chi connectivity index (χ0n) is 10.7. The van der Waals surface area contributed by atoms with Crippen molar-refractivity contribution in [2.75, 3.05) is 19.7 Å². The molecule has 0 aliphatic carbocycles. The summed E-state index contributed by atoms with van der Waals surface area (Å²) >= 11 is 5.93. The van der Waals surface area contributed by atoms with E-state index in [1.165, 1.54) is 0 Å². The number of hydrogen-bond acceptors (Lipinski definition) is 2. The Morgan fingerprint density at radius 2 is 2.06 bits per heavy atom. The van der Waals surface area contributed by atoms with Crippen LogP contribution in [0.1, 0.15) is 13.8 Å². The van der Waals surface area contributed by atoms with Gasteiger partial charge in [-0.15, -0.1) is 0 Å². The zero-order chi connectivity index (χ0) is 13.4. The van der Waals surface area contributed by atoms with E-state index in [0.717, 1.165) is 0 Å². The molecule has 0 aromatic heterocycles. The molecule has 2 N–H and O–H groups in total. The van der Waals surface area contributed by atoms with Crippen LogP contribution >= 0.6 is 11.6 Å². The van der Waals surface area contributed by atoms with Gasteiger partial charge in [-0.05, 0) is 18.1 Å². The first-order valence-corrected chi connectivity index (χ1v) is 6.36. The molecule has 1 aromatic carbocycles. The van der Waals surface area contributed by atoms with Crippen molar-refractivity contribution in [3.63, 3.8) is 0 Å². The second kappa shape index (κ2) is 7.82. The fourth-order valence-electron chi connectivity index (χ4n) is 1.25. The van der Waals surface area contributed by atoms with Gasteiger partial charge in [0, 0.05) is 6.54 Å². The van der Waals surface area contributed by atoms with E-state index in [2.05, 4.69) is 10.6 Å². The first-order chi connectivity index (χ1) is 8.59. The van der Waals surface area contributed by atoms with Crippen LogP contribution in [0.4, 0.5) is 4.79 Å². The molecule has 0 radical (unpaired) electrons. The number of amides is 2. The van der Waals surface area contributed by atoms with Crippen LogP contribution in [-0.4, -0.2) is 25.7 Å². The van der Waals surface area contributed by atoms with Crippen LogP contribution in [0.25, 0.3) is 0 Å². The van der Waals surface area contributed by atoms with Crippen LogP contribution in [0.3, 0.4) is 0 Å². The lowest BCUT2D eigenvalue weighted by Crippen LogP contribution is -2.39. The van der Waals surface area contributed by atoms with Gasteiger partial charge in [0.05, 0.1) is 11.6 Å². The zero-order valence-corrected chi connectivity index (χ0v) is 11.5. The van der Waals surface area contributed by atoms with Crippen molar-refractivity contribution in [3.8, 4) is 5.75 Å². The second-order valence-electron chi connectivity index (χ2n) is 4.31. The number of benzene rings is 1. The van der Waals surface area contributed by atoms with Crippen LogP contribution in [0.5, 0.6) is 5.75 Å². The lowest BCUT2D eigenvalue weighted by Gasteiger charge is -2.10. The van der Waals surface area contributed by atoms with Gasteiger partial charge >= 0.3 is 6.03 Å². The van der Waals surface area contributed by atoms with E-state index < -0.39 is 0 Å². The molecule has 2 amide bonds. The first kappa shape index (κ1) is 14.6. The van der Waals surface area contributed by atoms with E-state index >= 15 is 0 Å². The highest BCUT2D eigenvalue weighted by molar-refractivity contribution is 6.32. The summed E-state index contributed by atoms with van der Waals surface area (Å²) in [6.45, 7) is 5.58. The molecule has 0 spiro atoms. The summed E-state index contributed by atoms with van der Waals surface area (Å²) in [7, 11) is 0. The summed E-state index contributed by atoms with van der Waals surface area (Å²) < 4.78 is 5.44. The monoisotopic (exact) mass is 270 g/mol. The summed E-state index contributed by atoms with van der Waals surface area (Å²) in [5.41, 5.74) is 0. The molecule has 5 heteroatoms. The van der Waals surface area contributed by atoms with Gasteiger partial charge in [0.1, 0.15) is 12.4 Å². The standard InChI is InChI=1S/C13H19ClN2O2/c1-10(2)9-16-13(17)15-7-8-18-12-6-4-3-5-11(12)14/h3-6,10H,7-9H2,1-2H3,(H2,15,16,17). The van der Waals surface area contributed by atoms with E-state index in [9.17, 15) is 4.79 Å². The van der Waals surface area contributed by atoms with Crippen LogP contribution < -0.4 is 15.4 Å². The maximum atomic E-state index is 11.3. The Morgan fingerprint density at radius 3 is 2.72 bits per heavy atom. The Labute approximate surface area is 113 Å². The first-order valence-electron chi connectivity index (χ1n) is 5.98. The molecule has 18 heavy (non-hydrogen) atoms. The average molecular weight is 271 g/mol. The van der Waals surface area contributed by atoms with Crippen LogP contribution in [-0.2, 0) is 0 Å². The SMILES string of the molecule is CC(C)CNC(=O)NCCOc1ccccc1Cl. The molecule has 0 saturated carbocycles. The van der Waals surface area contributed by atoms with Gasteiger partial charge in [0.15, 0.2) is 0 Å².